The summed E-state index contributed by atoms with van der Waals surface area (Å²) >= 11 is 0. The van der Waals surface area contributed by atoms with Gasteiger partial charge in [-0.25, -0.2) is 4.58 Å². The third kappa shape index (κ3) is 4.03. The van der Waals surface area contributed by atoms with Gasteiger partial charge in [-0.05, 0) is 71.2 Å². The SMILES string of the molecule is Cc1cc(C(=C2C=CC(=[N+](C)C)C=C2)c2ccc(N(C)C)cc2)ccc1N. The van der Waals surface area contributed by atoms with Gasteiger partial charge in [-0.15, -0.1) is 0 Å². The van der Waals surface area contributed by atoms with Crippen LogP contribution in [0.4, 0.5) is 11.4 Å². The second kappa shape index (κ2) is 7.67. The van der Waals surface area contributed by atoms with Crippen molar-refractivity contribution >= 4 is 22.7 Å². The predicted octanol–water partition coefficient (Wildman–Crippen LogP) is 4.28. The molecule has 3 heteroatoms. The predicted molar refractivity (Wildman–Crippen MR) is 118 cm³/mol. The van der Waals surface area contributed by atoms with E-state index >= 15 is 0 Å². The van der Waals surface area contributed by atoms with E-state index in [-0.39, 0.29) is 0 Å². The van der Waals surface area contributed by atoms with Crippen LogP contribution in [0, 0.1) is 6.92 Å². The highest BCUT2D eigenvalue weighted by atomic mass is 15.1. The topological polar surface area (TPSA) is 32.3 Å². The van der Waals surface area contributed by atoms with Gasteiger partial charge in [0, 0.05) is 37.6 Å². The number of hydrogen-bond donors (Lipinski definition) is 1. The Labute approximate surface area is 162 Å². The van der Waals surface area contributed by atoms with Gasteiger partial charge in [0.05, 0.1) is 0 Å². The maximum Gasteiger partial charge on any atom is 0.199 e. The third-order valence-electron chi connectivity index (χ3n) is 4.90. The molecule has 3 nitrogen and oxygen atoms in total. The highest BCUT2D eigenvalue weighted by Crippen LogP contribution is 2.32. The van der Waals surface area contributed by atoms with E-state index in [1.54, 1.807) is 0 Å². The van der Waals surface area contributed by atoms with E-state index in [9.17, 15) is 0 Å². The normalized spacial score (nSPS) is 13.1. The molecular formula is C24H28N3+. The number of rotatable bonds is 3. The van der Waals surface area contributed by atoms with Gasteiger partial charge in [-0.3, -0.25) is 0 Å². The zero-order chi connectivity index (χ0) is 19.6. The molecule has 2 N–H and O–H groups in total. The Kier molecular flexibility index (Phi) is 5.31. The van der Waals surface area contributed by atoms with E-state index < -0.39 is 0 Å². The minimum absolute atomic E-state index is 0.823. The van der Waals surface area contributed by atoms with Crippen molar-refractivity contribution < 1.29 is 4.58 Å². The molecule has 1 aliphatic carbocycles. The number of benzene rings is 2. The molecule has 0 saturated heterocycles. The first kappa shape index (κ1) is 18.7. The zero-order valence-corrected chi connectivity index (χ0v) is 16.8. The first-order chi connectivity index (χ1) is 12.9. The van der Waals surface area contributed by atoms with Gasteiger partial charge in [0.15, 0.2) is 5.71 Å². The Bertz CT molecular complexity index is 949. The van der Waals surface area contributed by atoms with Gasteiger partial charge in [0.1, 0.15) is 14.1 Å². The Balaban J connectivity index is 2.17. The second-order valence-corrected chi connectivity index (χ2v) is 7.33. The number of aryl methyl sites for hydroxylation is 1. The molecule has 0 radical (unpaired) electrons. The van der Waals surface area contributed by atoms with Crippen molar-refractivity contribution in [1.82, 2.24) is 0 Å². The molecule has 27 heavy (non-hydrogen) atoms. The molecule has 138 valence electrons. The molecule has 1 aliphatic rings. The zero-order valence-electron chi connectivity index (χ0n) is 16.8. The van der Waals surface area contributed by atoms with Gasteiger partial charge >= 0.3 is 0 Å². The van der Waals surface area contributed by atoms with Crippen molar-refractivity contribution in [2.24, 2.45) is 0 Å². The molecule has 0 saturated carbocycles. The van der Waals surface area contributed by atoms with Crippen LogP contribution in [-0.2, 0) is 0 Å². The van der Waals surface area contributed by atoms with Crippen molar-refractivity contribution in [3.63, 3.8) is 0 Å². The molecule has 0 unspecified atom stereocenters. The van der Waals surface area contributed by atoms with Crippen LogP contribution in [0.25, 0.3) is 5.57 Å². The van der Waals surface area contributed by atoms with E-state index in [1.807, 2.05) is 6.07 Å². The summed E-state index contributed by atoms with van der Waals surface area (Å²) in [5.74, 6) is 0. The van der Waals surface area contributed by atoms with E-state index in [2.05, 4.69) is 105 Å². The number of nitrogens with zero attached hydrogens (tertiary/aromatic N) is 2. The summed E-state index contributed by atoms with van der Waals surface area (Å²) in [7, 11) is 8.23. The van der Waals surface area contributed by atoms with E-state index in [0.717, 1.165) is 11.3 Å². The first-order valence-electron chi connectivity index (χ1n) is 9.16. The highest BCUT2D eigenvalue weighted by molar-refractivity contribution is 6.04. The van der Waals surface area contributed by atoms with Crippen LogP contribution in [0.15, 0.2) is 72.3 Å². The van der Waals surface area contributed by atoms with Gasteiger partial charge in [0.25, 0.3) is 0 Å². The van der Waals surface area contributed by atoms with Crippen LogP contribution >= 0.6 is 0 Å². The molecule has 0 aromatic heterocycles. The number of nitrogen functional groups attached to an aromatic ring is 1. The maximum absolute atomic E-state index is 6.05. The van der Waals surface area contributed by atoms with Crippen molar-refractivity contribution in [1.29, 1.82) is 0 Å². The van der Waals surface area contributed by atoms with E-state index in [0.29, 0.717) is 0 Å². The summed E-state index contributed by atoms with van der Waals surface area (Å²) < 4.78 is 2.11. The molecule has 3 rings (SSSR count). The lowest BCUT2D eigenvalue weighted by atomic mass is 9.89. The van der Waals surface area contributed by atoms with Crippen LogP contribution in [-0.4, -0.2) is 38.5 Å². The highest BCUT2D eigenvalue weighted by Gasteiger charge is 2.14. The Morgan fingerprint density at radius 2 is 1.44 bits per heavy atom. The number of hydrogen-bond acceptors (Lipinski definition) is 2. The fraction of sp³-hybridized carbons (Fsp3) is 0.208. The van der Waals surface area contributed by atoms with Crippen molar-refractivity contribution in [3.05, 3.63) is 89.0 Å². The summed E-state index contributed by atoms with van der Waals surface area (Å²) in [5, 5.41) is 0. The molecule has 0 bridgehead atoms. The summed E-state index contributed by atoms with van der Waals surface area (Å²) in [5.41, 5.74) is 15.1. The number of allylic oxidation sites excluding steroid dienone is 5. The number of anilines is 2. The second-order valence-electron chi connectivity index (χ2n) is 7.33. The van der Waals surface area contributed by atoms with Crippen LogP contribution in [0.3, 0.4) is 0 Å². The van der Waals surface area contributed by atoms with Crippen molar-refractivity contribution in [3.8, 4) is 0 Å². The maximum atomic E-state index is 6.05. The molecular weight excluding hydrogens is 330 g/mol. The summed E-state index contributed by atoms with van der Waals surface area (Å²) in [4.78, 5) is 2.11. The lowest BCUT2D eigenvalue weighted by Gasteiger charge is -2.17. The van der Waals surface area contributed by atoms with Crippen LogP contribution < -0.4 is 10.6 Å². The van der Waals surface area contributed by atoms with Crippen LogP contribution in [0.2, 0.25) is 0 Å². The summed E-state index contributed by atoms with van der Waals surface area (Å²) in [6.07, 6.45) is 8.70. The van der Waals surface area contributed by atoms with E-state index in [1.165, 1.54) is 33.7 Å². The molecule has 2 aromatic carbocycles. The Morgan fingerprint density at radius 1 is 0.852 bits per heavy atom. The quantitative estimate of drug-likeness (QED) is 0.656. The minimum atomic E-state index is 0.823. The summed E-state index contributed by atoms with van der Waals surface area (Å²) in [6.45, 7) is 2.06. The standard InChI is InChI=1S/C24H27N3/c1-17-16-20(10-15-23(17)25)24(18-6-11-21(12-7-18)26(2)3)19-8-13-22(14-9-19)27(4)5/h6-16,25H,1-5H3/p+1. The first-order valence-corrected chi connectivity index (χ1v) is 9.16. The fourth-order valence-corrected chi connectivity index (χ4v) is 3.18. The van der Waals surface area contributed by atoms with Gasteiger partial charge in [0.2, 0.25) is 0 Å². The third-order valence-corrected chi connectivity index (χ3v) is 4.90. The van der Waals surface area contributed by atoms with Gasteiger partial charge in [-0.2, -0.15) is 0 Å². The van der Waals surface area contributed by atoms with Gasteiger partial charge < -0.3 is 10.6 Å². The monoisotopic (exact) mass is 358 g/mol. The summed E-state index contributed by atoms with van der Waals surface area (Å²) in [6, 6.07) is 15.0. The molecule has 0 amide bonds. The molecule has 2 aromatic rings. The van der Waals surface area contributed by atoms with Crippen LogP contribution in [0.5, 0.6) is 0 Å². The van der Waals surface area contributed by atoms with Gasteiger partial charge in [-0.1, -0.05) is 18.2 Å². The van der Waals surface area contributed by atoms with Crippen LogP contribution in [0.1, 0.15) is 16.7 Å². The minimum Gasteiger partial charge on any atom is -0.399 e. The average molecular weight is 359 g/mol. The van der Waals surface area contributed by atoms with E-state index in [4.69, 9.17) is 5.73 Å². The lowest BCUT2D eigenvalue weighted by molar-refractivity contribution is -0.462. The molecule has 0 heterocycles. The Morgan fingerprint density at radius 3 is 1.96 bits per heavy atom. The van der Waals surface area contributed by atoms with Crippen molar-refractivity contribution in [2.75, 3.05) is 38.8 Å². The Hall–Kier alpha value is -3.07. The molecule has 0 atom stereocenters. The fourth-order valence-electron chi connectivity index (χ4n) is 3.18. The molecule has 0 aliphatic heterocycles. The molecule has 0 spiro atoms. The average Bonchev–Trinajstić information content (AvgIpc) is 2.65. The smallest absolute Gasteiger partial charge is 0.199 e. The lowest BCUT2D eigenvalue weighted by Crippen LogP contribution is -2.10. The molecule has 0 fully saturated rings. The largest absolute Gasteiger partial charge is 0.399 e. The van der Waals surface area contributed by atoms with Crippen molar-refractivity contribution in [2.45, 2.75) is 6.92 Å². The number of nitrogens with two attached hydrogens (primary N) is 1.